The molecule has 13 heavy (non-hydrogen) atoms. The molecule has 0 bridgehead atoms. The van der Waals surface area contributed by atoms with Gasteiger partial charge in [0.05, 0.1) is 5.69 Å². The molecule has 1 aromatic rings. The summed E-state index contributed by atoms with van der Waals surface area (Å²) in [6, 6.07) is 0. The van der Waals surface area contributed by atoms with Crippen LogP contribution in [-0.4, -0.2) is 18.1 Å². The van der Waals surface area contributed by atoms with Gasteiger partial charge in [-0.05, 0) is 26.3 Å². The minimum atomic E-state index is 0.499. The fourth-order valence-electron chi connectivity index (χ4n) is 1.82. The fourth-order valence-corrected chi connectivity index (χ4v) is 1.82. The Morgan fingerprint density at radius 1 is 1.62 bits per heavy atom. The van der Waals surface area contributed by atoms with E-state index in [1.807, 2.05) is 6.92 Å². The van der Waals surface area contributed by atoms with Gasteiger partial charge < -0.3 is 9.73 Å². The number of oxazole rings is 1. The Labute approximate surface area is 78.5 Å². The molecule has 0 saturated carbocycles. The van der Waals surface area contributed by atoms with Gasteiger partial charge in [0.2, 0.25) is 0 Å². The molecule has 1 aliphatic heterocycles. The summed E-state index contributed by atoms with van der Waals surface area (Å²) in [5.74, 6) is 2.42. The second-order valence-electron chi connectivity index (χ2n) is 3.60. The Kier molecular flexibility index (Phi) is 2.36. The van der Waals surface area contributed by atoms with Crippen LogP contribution in [0.2, 0.25) is 0 Å². The van der Waals surface area contributed by atoms with E-state index in [4.69, 9.17) is 4.42 Å². The van der Waals surface area contributed by atoms with Crippen LogP contribution in [0.25, 0.3) is 0 Å². The zero-order valence-electron chi connectivity index (χ0n) is 8.26. The van der Waals surface area contributed by atoms with Crippen molar-refractivity contribution in [2.45, 2.75) is 32.6 Å². The van der Waals surface area contributed by atoms with Crippen LogP contribution >= 0.6 is 0 Å². The molecule has 0 aromatic carbocycles. The van der Waals surface area contributed by atoms with E-state index in [1.165, 1.54) is 0 Å². The SMILES string of the molecule is CCc1nc(C2CCNC2)oc1C. The molecule has 1 aromatic heterocycles. The summed E-state index contributed by atoms with van der Waals surface area (Å²) in [7, 11) is 0. The van der Waals surface area contributed by atoms with Crippen LogP contribution in [0.3, 0.4) is 0 Å². The number of nitrogens with one attached hydrogen (secondary N) is 1. The van der Waals surface area contributed by atoms with Gasteiger partial charge in [-0.15, -0.1) is 0 Å². The van der Waals surface area contributed by atoms with Crippen molar-refractivity contribution in [3.05, 3.63) is 17.3 Å². The van der Waals surface area contributed by atoms with E-state index in [-0.39, 0.29) is 0 Å². The Bertz CT molecular complexity index is 287. The Hall–Kier alpha value is -0.830. The molecule has 1 unspecified atom stereocenters. The van der Waals surface area contributed by atoms with E-state index in [0.29, 0.717) is 5.92 Å². The maximum Gasteiger partial charge on any atom is 0.199 e. The Morgan fingerprint density at radius 3 is 3.00 bits per heavy atom. The monoisotopic (exact) mass is 180 g/mol. The average Bonchev–Trinajstić information content (AvgIpc) is 2.71. The molecule has 72 valence electrons. The third-order valence-electron chi connectivity index (χ3n) is 2.65. The van der Waals surface area contributed by atoms with E-state index >= 15 is 0 Å². The lowest BCUT2D eigenvalue weighted by Gasteiger charge is -2.00. The second kappa shape index (κ2) is 3.50. The van der Waals surface area contributed by atoms with Crippen molar-refractivity contribution in [1.29, 1.82) is 0 Å². The van der Waals surface area contributed by atoms with Gasteiger partial charge >= 0.3 is 0 Å². The van der Waals surface area contributed by atoms with Gasteiger partial charge in [0.1, 0.15) is 5.76 Å². The minimum Gasteiger partial charge on any atom is -0.445 e. The van der Waals surface area contributed by atoms with E-state index in [2.05, 4.69) is 17.2 Å². The summed E-state index contributed by atoms with van der Waals surface area (Å²) >= 11 is 0. The highest BCUT2D eigenvalue weighted by Gasteiger charge is 2.22. The molecule has 1 aliphatic rings. The van der Waals surface area contributed by atoms with Gasteiger partial charge in [0, 0.05) is 12.5 Å². The molecular formula is C10H16N2O. The molecule has 0 aliphatic carbocycles. The van der Waals surface area contributed by atoms with Gasteiger partial charge in [-0.2, -0.15) is 0 Å². The molecule has 1 N–H and O–H groups in total. The van der Waals surface area contributed by atoms with Crippen molar-refractivity contribution < 1.29 is 4.42 Å². The molecule has 0 spiro atoms. The van der Waals surface area contributed by atoms with Crippen LogP contribution < -0.4 is 5.32 Å². The molecular weight excluding hydrogens is 164 g/mol. The first kappa shape index (κ1) is 8.75. The number of nitrogens with zero attached hydrogens (tertiary/aromatic N) is 1. The number of aromatic nitrogens is 1. The summed E-state index contributed by atoms with van der Waals surface area (Å²) in [4.78, 5) is 4.50. The largest absolute Gasteiger partial charge is 0.445 e. The number of aryl methyl sites for hydroxylation is 2. The molecule has 1 fully saturated rings. The molecule has 3 heteroatoms. The lowest BCUT2D eigenvalue weighted by Crippen LogP contribution is -2.08. The van der Waals surface area contributed by atoms with Crippen molar-refractivity contribution in [2.24, 2.45) is 0 Å². The summed E-state index contributed by atoms with van der Waals surface area (Å²) < 4.78 is 5.64. The minimum absolute atomic E-state index is 0.499. The van der Waals surface area contributed by atoms with Crippen molar-refractivity contribution in [1.82, 2.24) is 10.3 Å². The highest BCUT2D eigenvalue weighted by atomic mass is 16.4. The van der Waals surface area contributed by atoms with Gasteiger partial charge in [-0.1, -0.05) is 6.92 Å². The van der Waals surface area contributed by atoms with Crippen LogP contribution in [0, 0.1) is 6.92 Å². The summed E-state index contributed by atoms with van der Waals surface area (Å²) in [6.45, 7) is 6.22. The highest BCUT2D eigenvalue weighted by molar-refractivity contribution is 5.11. The third kappa shape index (κ3) is 1.61. The molecule has 2 rings (SSSR count). The van der Waals surface area contributed by atoms with E-state index in [9.17, 15) is 0 Å². The van der Waals surface area contributed by atoms with Gasteiger partial charge in [0.15, 0.2) is 5.89 Å². The standard InChI is InChI=1S/C10H16N2O/c1-3-9-7(2)13-10(12-9)8-4-5-11-6-8/h8,11H,3-6H2,1-2H3. The first-order chi connectivity index (χ1) is 6.31. The fraction of sp³-hybridized carbons (Fsp3) is 0.700. The maximum atomic E-state index is 5.64. The van der Waals surface area contributed by atoms with E-state index in [1.54, 1.807) is 0 Å². The smallest absolute Gasteiger partial charge is 0.199 e. The maximum absolute atomic E-state index is 5.64. The molecule has 0 amide bonds. The van der Waals surface area contributed by atoms with Gasteiger partial charge in [-0.3, -0.25) is 0 Å². The zero-order chi connectivity index (χ0) is 9.26. The van der Waals surface area contributed by atoms with Crippen molar-refractivity contribution in [3.8, 4) is 0 Å². The van der Waals surface area contributed by atoms with Crippen LogP contribution in [0.15, 0.2) is 4.42 Å². The lowest BCUT2D eigenvalue weighted by molar-refractivity contribution is 0.438. The Morgan fingerprint density at radius 2 is 2.46 bits per heavy atom. The molecule has 3 nitrogen and oxygen atoms in total. The van der Waals surface area contributed by atoms with Crippen molar-refractivity contribution in [3.63, 3.8) is 0 Å². The Balaban J connectivity index is 2.20. The number of rotatable bonds is 2. The van der Waals surface area contributed by atoms with Crippen LogP contribution in [0.1, 0.15) is 36.6 Å². The average molecular weight is 180 g/mol. The molecule has 0 radical (unpaired) electrons. The van der Waals surface area contributed by atoms with Gasteiger partial charge in [-0.25, -0.2) is 4.98 Å². The molecule has 2 heterocycles. The van der Waals surface area contributed by atoms with Crippen LogP contribution in [0.5, 0.6) is 0 Å². The molecule has 1 atom stereocenters. The predicted octanol–water partition coefficient (Wildman–Crippen LogP) is 1.62. The first-order valence-electron chi connectivity index (χ1n) is 4.98. The number of hydrogen-bond acceptors (Lipinski definition) is 3. The zero-order valence-corrected chi connectivity index (χ0v) is 8.26. The van der Waals surface area contributed by atoms with E-state index < -0.39 is 0 Å². The second-order valence-corrected chi connectivity index (χ2v) is 3.60. The van der Waals surface area contributed by atoms with Crippen LogP contribution in [0.4, 0.5) is 0 Å². The number of hydrogen-bond donors (Lipinski definition) is 1. The summed E-state index contributed by atoms with van der Waals surface area (Å²) in [5.41, 5.74) is 1.11. The van der Waals surface area contributed by atoms with Crippen molar-refractivity contribution in [2.75, 3.05) is 13.1 Å². The predicted molar refractivity (Wildman–Crippen MR) is 50.8 cm³/mol. The lowest BCUT2D eigenvalue weighted by atomic mass is 10.1. The highest BCUT2D eigenvalue weighted by Crippen LogP contribution is 2.23. The summed E-state index contributed by atoms with van der Waals surface area (Å²) in [6.07, 6.45) is 2.12. The van der Waals surface area contributed by atoms with Gasteiger partial charge in [0.25, 0.3) is 0 Å². The summed E-state index contributed by atoms with van der Waals surface area (Å²) in [5, 5.41) is 3.32. The van der Waals surface area contributed by atoms with Crippen LogP contribution in [-0.2, 0) is 6.42 Å². The third-order valence-corrected chi connectivity index (χ3v) is 2.65. The van der Waals surface area contributed by atoms with Crippen molar-refractivity contribution >= 4 is 0 Å². The quantitative estimate of drug-likeness (QED) is 0.751. The molecule has 1 saturated heterocycles. The topological polar surface area (TPSA) is 38.1 Å². The normalized spacial score (nSPS) is 22.5. The first-order valence-corrected chi connectivity index (χ1v) is 4.98. The van der Waals surface area contributed by atoms with E-state index in [0.717, 1.165) is 43.3 Å².